The summed E-state index contributed by atoms with van der Waals surface area (Å²) in [6.07, 6.45) is -4.75. The van der Waals surface area contributed by atoms with E-state index in [2.05, 4.69) is 5.43 Å². The average molecular weight is 326 g/mol. The number of benzene rings is 1. The van der Waals surface area contributed by atoms with E-state index in [1.54, 1.807) is 0 Å². The van der Waals surface area contributed by atoms with Crippen LogP contribution in [0.4, 0.5) is 24.5 Å². The van der Waals surface area contributed by atoms with E-state index in [0.29, 0.717) is 25.8 Å². The predicted octanol–water partition coefficient (Wildman–Crippen LogP) is 2.61. The number of nitrogens with one attached hydrogen (secondary N) is 1. The Balaban J connectivity index is 2.49. The summed E-state index contributed by atoms with van der Waals surface area (Å²) in [6.45, 7) is 1.33. The van der Waals surface area contributed by atoms with Crippen LogP contribution in [0.1, 0.15) is 5.56 Å². The number of hydrogen-bond donors (Lipinski definition) is 1. The maximum atomic E-state index is 12.8. The van der Waals surface area contributed by atoms with E-state index in [1.165, 1.54) is 5.01 Å². The second kappa shape index (κ2) is 6.04. The van der Waals surface area contributed by atoms with Crippen molar-refractivity contribution in [3.8, 4) is 0 Å². The number of nitro benzene ring substituents is 1. The van der Waals surface area contributed by atoms with Gasteiger partial charge in [0.2, 0.25) is 0 Å². The fourth-order valence-electron chi connectivity index (χ4n) is 1.93. The molecule has 1 N–H and O–H groups in total. The van der Waals surface area contributed by atoms with Crippen molar-refractivity contribution in [2.24, 2.45) is 0 Å². The third kappa shape index (κ3) is 3.55. The Kier molecular flexibility index (Phi) is 4.55. The van der Waals surface area contributed by atoms with E-state index in [0.717, 1.165) is 6.07 Å². The van der Waals surface area contributed by atoms with E-state index in [-0.39, 0.29) is 12.2 Å². The number of alkyl halides is 3. The van der Waals surface area contributed by atoms with Gasteiger partial charge < -0.3 is 4.74 Å². The molecule has 0 radical (unpaired) electrons. The normalized spacial score (nSPS) is 16.7. The minimum atomic E-state index is -4.75. The highest BCUT2D eigenvalue weighted by atomic mass is 35.5. The first-order valence-corrected chi connectivity index (χ1v) is 6.32. The lowest BCUT2D eigenvalue weighted by Crippen LogP contribution is -2.39. The summed E-state index contributed by atoms with van der Waals surface area (Å²) in [4.78, 5) is 10.2. The van der Waals surface area contributed by atoms with Crippen LogP contribution >= 0.6 is 11.6 Å². The molecule has 0 amide bonds. The van der Waals surface area contributed by atoms with Crippen molar-refractivity contribution in [2.75, 3.05) is 31.3 Å². The van der Waals surface area contributed by atoms with Crippen LogP contribution in [0.3, 0.4) is 0 Å². The van der Waals surface area contributed by atoms with Crippen molar-refractivity contribution in [3.63, 3.8) is 0 Å². The first kappa shape index (κ1) is 15.8. The van der Waals surface area contributed by atoms with Crippen LogP contribution in [0.25, 0.3) is 0 Å². The molecule has 10 heteroatoms. The van der Waals surface area contributed by atoms with Gasteiger partial charge >= 0.3 is 6.18 Å². The molecule has 21 heavy (non-hydrogen) atoms. The van der Waals surface area contributed by atoms with Crippen molar-refractivity contribution in [3.05, 3.63) is 32.8 Å². The van der Waals surface area contributed by atoms with Gasteiger partial charge in [0, 0.05) is 12.6 Å². The van der Waals surface area contributed by atoms with E-state index in [1.807, 2.05) is 0 Å². The number of ether oxygens (including phenoxy) is 1. The van der Waals surface area contributed by atoms with Crippen LogP contribution in [0.15, 0.2) is 12.1 Å². The molecule has 2 rings (SSSR count). The molecule has 1 fully saturated rings. The molecule has 1 aliphatic rings. The van der Waals surface area contributed by atoms with Crippen molar-refractivity contribution >= 4 is 23.0 Å². The molecule has 1 aliphatic heterocycles. The van der Waals surface area contributed by atoms with Crippen molar-refractivity contribution in [1.82, 2.24) is 5.43 Å². The molecular formula is C11H11ClF3N3O3. The predicted molar refractivity (Wildman–Crippen MR) is 69.3 cm³/mol. The second-order valence-electron chi connectivity index (χ2n) is 4.25. The van der Waals surface area contributed by atoms with Gasteiger partial charge in [0.05, 0.1) is 35.3 Å². The quantitative estimate of drug-likeness (QED) is 0.668. The van der Waals surface area contributed by atoms with Crippen LogP contribution in [0.2, 0.25) is 5.02 Å². The first-order valence-electron chi connectivity index (χ1n) is 5.94. The molecule has 1 aromatic rings. The zero-order chi connectivity index (χ0) is 15.6. The Labute approximate surface area is 122 Å². The molecular weight excluding hydrogens is 315 g/mol. The minimum absolute atomic E-state index is 0.0245. The number of rotatable bonds is 2. The fourth-order valence-corrected chi connectivity index (χ4v) is 2.19. The second-order valence-corrected chi connectivity index (χ2v) is 4.65. The summed E-state index contributed by atoms with van der Waals surface area (Å²) < 4.78 is 43.5. The van der Waals surface area contributed by atoms with Crippen LogP contribution in [-0.4, -0.2) is 31.2 Å². The van der Waals surface area contributed by atoms with Crippen LogP contribution in [0.5, 0.6) is 0 Å². The lowest BCUT2D eigenvalue weighted by Gasteiger charge is -2.23. The lowest BCUT2D eigenvalue weighted by atomic mass is 10.1. The van der Waals surface area contributed by atoms with Gasteiger partial charge in [0.1, 0.15) is 5.69 Å². The molecule has 1 aromatic carbocycles. The van der Waals surface area contributed by atoms with E-state index in [4.69, 9.17) is 16.3 Å². The van der Waals surface area contributed by atoms with Gasteiger partial charge in [0.15, 0.2) is 0 Å². The fraction of sp³-hybridized carbons (Fsp3) is 0.455. The Bertz CT molecular complexity index is 545. The maximum Gasteiger partial charge on any atom is 0.418 e. The largest absolute Gasteiger partial charge is 0.418 e. The standard InChI is InChI=1S/C11H11ClF3N3O3/c12-8-6-9(17-2-4-21-3-1-16-17)10(18(19)20)5-7(8)11(13,14)15/h5-6,16H,1-4H2. The molecule has 1 saturated heterocycles. The van der Waals surface area contributed by atoms with Gasteiger partial charge in [-0.1, -0.05) is 11.6 Å². The number of halogens is 4. The van der Waals surface area contributed by atoms with Crippen molar-refractivity contribution < 1.29 is 22.8 Å². The van der Waals surface area contributed by atoms with Gasteiger partial charge in [-0.05, 0) is 6.07 Å². The number of hydrazine groups is 1. The van der Waals surface area contributed by atoms with E-state index >= 15 is 0 Å². The zero-order valence-corrected chi connectivity index (χ0v) is 11.4. The average Bonchev–Trinajstić information content (AvgIpc) is 2.65. The highest BCUT2D eigenvalue weighted by molar-refractivity contribution is 6.31. The summed E-state index contributed by atoms with van der Waals surface area (Å²) in [5, 5.41) is 11.8. The summed E-state index contributed by atoms with van der Waals surface area (Å²) in [7, 11) is 0. The SMILES string of the molecule is O=[N+]([O-])c1cc(C(F)(F)F)c(Cl)cc1N1CCOCCN1. The summed E-state index contributed by atoms with van der Waals surface area (Å²) in [5.74, 6) is 0. The Morgan fingerprint density at radius 1 is 1.38 bits per heavy atom. The molecule has 0 aromatic heterocycles. The van der Waals surface area contributed by atoms with Gasteiger partial charge in [-0.3, -0.25) is 15.1 Å². The third-order valence-electron chi connectivity index (χ3n) is 2.87. The van der Waals surface area contributed by atoms with Gasteiger partial charge in [-0.15, -0.1) is 0 Å². The lowest BCUT2D eigenvalue weighted by molar-refractivity contribution is -0.384. The van der Waals surface area contributed by atoms with Crippen molar-refractivity contribution in [2.45, 2.75) is 6.18 Å². The highest BCUT2D eigenvalue weighted by Gasteiger charge is 2.37. The monoisotopic (exact) mass is 325 g/mol. The molecule has 0 atom stereocenters. The van der Waals surface area contributed by atoms with Crippen LogP contribution in [0, 0.1) is 10.1 Å². The van der Waals surface area contributed by atoms with Crippen LogP contribution < -0.4 is 10.4 Å². The molecule has 6 nitrogen and oxygen atoms in total. The topological polar surface area (TPSA) is 67.6 Å². The zero-order valence-electron chi connectivity index (χ0n) is 10.6. The van der Waals surface area contributed by atoms with E-state index < -0.39 is 27.4 Å². The van der Waals surface area contributed by atoms with E-state index in [9.17, 15) is 23.3 Å². The number of hydrogen-bond acceptors (Lipinski definition) is 5. The Morgan fingerprint density at radius 3 is 2.71 bits per heavy atom. The molecule has 0 bridgehead atoms. The van der Waals surface area contributed by atoms with Gasteiger partial charge in [-0.25, -0.2) is 5.43 Å². The minimum Gasteiger partial charge on any atom is -0.378 e. The number of anilines is 1. The third-order valence-corrected chi connectivity index (χ3v) is 3.18. The first-order chi connectivity index (χ1) is 9.80. The van der Waals surface area contributed by atoms with Crippen molar-refractivity contribution in [1.29, 1.82) is 0 Å². The smallest absolute Gasteiger partial charge is 0.378 e. The molecule has 1 heterocycles. The maximum absolute atomic E-state index is 12.8. The molecule has 0 spiro atoms. The van der Waals surface area contributed by atoms with Gasteiger partial charge in [-0.2, -0.15) is 13.2 Å². The van der Waals surface area contributed by atoms with Gasteiger partial charge in [0.25, 0.3) is 5.69 Å². The Hall–Kier alpha value is -1.58. The molecule has 116 valence electrons. The molecule has 0 aliphatic carbocycles. The van der Waals surface area contributed by atoms with Crippen LogP contribution in [-0.2, 0) is 10.9 Å². The molecule has 0 unspecified atom stereocenters. The summed E-state index contributed by atoms with van der Waals surface area (Å²) in [6, 6.07) is 1.39. The summed E-state index contributed by atoms with van der Waals surface area (Å²) in [5.41, 5.74) is 0.922. The molecule has 0 saturated carbocycles. The summed E-state index contributed by atoms with van der Waals surface area (Å²) >= 11 is 5.62. The Morgan fingerprint density at radius 2 is 2.10 bits per heavy atom. The number of nitro groups is 1. The number of nitrogens with zero attached hydrogens (tertiary/aromatic N) is 2. The highest BCUT2D eigenvalue weighted by Crippen LogP contribution is 2.41.